The zero-order chi connectivity index (χ0) is 5.28. The molecule has 1 heterocycles. The normalized spacial score (nSPS) is 9.43. The van der Waals surface area contributed by atoms with Gasteiger partial charge in [0.25, 0.3) is 0 Å². The van der Waals surface area contributed by atoms with Crippen LogP contribution in [-0.4, -0.2) is 0 Å². The minimum atomic E-state index is 0.671. The third-order valence-electron chi connectivity index (χ3n) is 0.717. The lowest BCUT2D eigenvalue weighted by Gasteiger charge is -1.75. The zero-order valence-corrected chi connectivity index (χ0v) is 3.98. The van der Waals surface area contributed by atoms with Crippen LogP contribution in [0.4, 0.5) is 0 Å². The second-order valence-corrected chi connectivity index (χ2v) is 1.37. The molecule has 1 heteroatoms. The van der Waals surface area contributed by atoms with Crippen molar-refractivity contribution in [1.29, 1.82) is 0 Å². The Morgan fingerprint density at radius 3 is 1.71 bits per heavy atom. The van der Waals surface area contributed by atoms with E-state index < -0.39 is 0 Å². The molecule has 36 valence electrons. The Morgan fingerprint density at radius 2 is 1.57 bits per heavy atom. The van der Waals surface area contributed by atoms with E-state index in [-0.39, 0.29) is 0 Å². The molecule has 0 aromatic carbocycles. The summed E-state index contributed by atoms with van der Waals surface area (Å²) in [6.45, 7) is 7.07. The Morgan fingerprint density at radius 1 is 1.14 bits per heavy atom. The van der Waals surface area contributed by atoms with Crippen LogP contribution in [0.15, 0.2) is 16.5 Å². The van der Waals surface area contributed by atoms with Crippen molar-refractivity contribution in [2.24, 2.45) is 0 Å². The lowest BCUT2D eigenvalue weighted by atomic mass is 10.5. The largest absolute Gasteiger partial charge is 0.466 e. The standard InChI is InChI=1S/C6H6O/c1-5-3-4-6(2)7-5/h3-4H,1-2H2. The van der Waals surface area contributed by atoms with Gasteiger partial charge in [0.1, 0.15) is 11.5 Å². The van der Waals surface area contributed by atoms with Gasteiger partial charge in [-0.15, -0.1) is 0 Å². The van der Waals surface area contributed by atoms with Crippen LogP contribution in [0.25, 0.3) is 0 Å². The highest BCUT2D eigenvalue weighted by molar-refractivity contribution is 5.10. The van der Waals surface area contributed by atoms with Gasteiger partial charge in [-0.2, -0.15) is 0 Å². The molecule has 0 bridgehead atoms. The van der Waals surface area contributed by atoms with Gasteiger partial charge < -0.3 is 4.42 Å². The topological polar surface area (TPSA) is 13.1 Å². The summed E-state index contributed by atoms with van der Waals surface area (Å²) in [5, 5.41) is 0. The minimum Gasteiger partial charge on any atom is -0.466 e. The first-order chi connectivity index (χ1) is 3.29. The van der Waals surface area contributed by atoms with Crippen LogP contribution in [0.1, 0.15) is 11.5 Å². The molecule has 0 saturated heterocycles. The fourth-order valence-electron chi connectivity index (χ4n) is 0.422. The molecule has 7 heavy (non-hydrogen) atoms. The molecular formula is C6H6O. The van der Waals surface area contributed by atoms with Crippen LogP contribution in [0.5, 0.6) is 0 Å². The van der Waals surface area contributed by atoms with Gasteiger partial charge in [-0.05, 0) is 12.1 Å². The molecule has 1 aromatic heterocycles. The maximum atomic E-state index is 4.86. The molecule has 0 saturated carbocycles. The van der Waals surface area contributed by atoms with Gasteiger partial charge in [0.15, 0.2) is 0 Å². The highest BCUT2D eigenvalue weighted by Crippen LogP contribution is 2.02. The van der Waals surface area contributed by atoms with Gasteiger partial charge in [0.05, 0.1) is 0 Å². The Kier molecular flexibility index (Phi) is 0.895. The molecule has 2 radical (unpaired) electrons. The summed E-state index contributed by atoms with van der Waals surface area (Å²) in [4.78, 5) is 0. The number of furan rings is 1. The number of rotatable bonds is 0. The lowest BCUT2D eigenvalue weighted by molar-refractivity contribution is 0.531. The molecule has 0 aliphatic rings. The summed E-state index contributed by atoms with van der Waals surface area (Å²) >= 11 is 0. The van der Waals surface area contributed by atoms with Crippen molar-refractivity contribution in [3.8, 4) is 0 Å². The van der Waals surface area contributed by atoms with Crippen molar-refractivity contribution in [3.05, 3.63) is 37.5 Å². The van der Waals surface area contributed by atoms with Crippen LogP contribution in [0.3, 0.4) is 0 Å². The van der Waals surface area contributed by atoms with E-state index in [4.69, 9.17) is 4.42 Å². The highest BCUT2D eigenvalue weighted by Gasteiger charge is 1.86. The van der Waals surface area contributed by atoms with Gasteiger partial charge >= 0.3 is 0 Å². The quantitative estimate of drug-likeness (QED) is 0.476. The van der Waals surface area contributed by atoms with E-state index in [0.29, 0.717) is 11.5 Å². The summed E-state index contributed by atoms with van der Waals surface area (Å²) in [5.41, 5.74) is 0. The summed E-state index contributed by atoms with van der Waals surface area (Å²) in [6.07, 6.45) is 0. The Balaban J connectivity index is 3.04. The molecule has 0 aliphatic carbocycles. The monoisotopic (exact) mass is 94.0 g/mol. The van der Waals surface area contributed by atoms with Crippen LogP contribution < -0.4 is 0 Å². The first-order valence-corrected chi connectivity index (χ1v) is 2.03. The van der Waals surface area contributed by atoms with Crippen LogP contribution in [0.2, 0.25) is 0 Å². The van der Waals surface area contributed by atoms with E-state index in [9.17, 15) is 0 Å². The predicted molar refractivity (Wildman–Crippen MR) is 27.6 cm³/mol. The van der Waals surface area contributed by atoms with Crippen molar-refractivity contribution < 1.29 is 4.42 Å². The second kappa shape index (κ2) is 1.41. The molecule has 0 aliphatic heterocycles. The first kappa shape index (κ1) is 4.44. The first-order valence-electron chi connectivity index (χ1n) is 2.03. The van der Waals surface area contributed by atoms with Gasteiger partial charge in [-0.25, -0.2) is 0 Å². The fraction of sp³-hybridized carbons (Fsp3) is 0. The number of hydrogen-bond acceptors (Lipinski definition) is 1. The highest BCUT2D eigenvalue weighted by atomic mass is 16.3. The molecule has 0 N–H and O–H groups in total. The van der Waals surface area contributed by atoms with Gasteiger partial charge in [-0.3, -0.25) is 0 Å². The number of hydrogen-bond donors (Lipinski definition) is 0. The van der Waals surface area contributed by atoms with Gasteiger partial charge in [0, 0.05) is 13.8 Å². The van der Waals surface area contributed by atoms with Crippen molar-refractivity contribution in [2.45, 2.75) is 0 Å². The fourth-order valence-corrected chi connectivity index (χ4v) is 0.422. The summed E-state index contributed by atoms with van der Waals surface area (Å²) in [7, 11) is 0. The van der Waals surface area contributed by atoms with Crippen LogP contribution in [0, 0.1) is 13.8 Å². The van der Waals surface area contributed by atoms with Gasteiger partial charge in [0.2, 0.25) is 0 Å². The second-order valence-electron chi connectivity index (χ2n) is 1.37. The summed E-state index contributed by atoms with van der Waals surface area (Å²) in [5.74, 6) is 1.34. The molecule has 0 unspecified atom stereocenters. The van der Waals surface area contributed by atoms with Crippen molar-refractivity contribution >= 4 is 0 Å². The van der Waals surface area contributed by atoms with Gasteiger partial charge in [-0.1, -0.05) is 0 Å². The molecule has 1 nitrogen and oxygen atoms in total. The molecule has 0 atom stereocenters. The van der Waals surface area contributed by atoms with E-state index in [1.165, 1.54) is 0 Å². The van der Waals surface area contributed by atoms with Crippen molar-refractivity contribution in [1.82, 2.24) is 0 Å². The Hall–Kier alpha value is -0.720. The Bertz CT molecular complexity index is 136. The average Bonchev–Trinajstić information content (AvgIpc) is 1.87. The maximum Gasteiger partial charge on any atom is 0.104 e. The molecule has 0 spiro atoms. The van der Waals surface area contributed by atoms with Crippen LogP contribution >= 0.6 is 0 Å². The van der Waals surface area contributed by atoms with E-state index in [1.54, 1.807) is 12.1 Å². The third kappa shape index (κ3) is 0.829. The molecular weight excluding hydrogens is 88.1 g/mol. The third-order valence-corrected chi connectivity index (χ3v) is 0.717. The zero-order valence-electron chi connectivity index (χ0n) is 3.98. The smallest absolute Gasteiger partial charge is 0.104 e. The molecule has 0 amide bonds. The SMILES string of the molecule is [CH2]c1ccc([CH2])o1. The van der Waals surface area contributed by atoms with Crippen LogP contribution in [-0.2, 0) is 0 Å². The molecule has 1 aromatic rings. The van der Waals surface area contributed by atoms with E-state index in [0.717, 1.165) is 0 Å². The lowest BCUT2D eigenvalue weighted by Crippen LogP contribution is -1.54. The molecule has 0 fully saturated rings. The van der Waals surface area contributed by atoms with Crippen molar-refractivity contribution in [2.75, 3.05) is 0 Å². The predicted octanol–water partition coefficient (Wildman–Crippen LogP) is 1.64. The summed E-state index contributed by atoms with van der Waals surface area (Å²) < 4.78 is 4.86. The molecule has 1 rings (SSSR count). The Labute approximate surface area is 43.0 Å². The van der Waals surface area contributed by atoms with Crippen molar-refractivity contribution in [3.63, 3.8) is 0 Å². The van der Waals surface area contributed by atoms with E-state index >= 15 is 0 Å². The van der Waals surface area contributed by atoms with E-state index in [2.05, 4.69) is 13.8 Å². The maximum absolute atomic E-state index is 4.86. The summed E-state index contributed by atoms with van der Waals surface area (Å²) in [6, 6.07) is 3.56. The average molecular weight is 94.1 g/mol. The van der Waals surface area contributed by atoms with E-state index in [1.807, 2.05) is 0 Å². The minimum absolute atomic E-state index is 0.671.